The van der Waals surface area contributed by atoms with E-state index in [2.05, 4.69) is 4.90 Å². The minimum atomic E-state index is -0.171. The summed E-state index contributed by atoms with van der Waals surface area (Å²) in [5.41, 5.74) is 11.0. The number of primary amides is 1. The van der Waals surface area contributed by atoms with Crippen LogP contribution in [0.5, 0.6) is 0 Å². The number of rotatable bonds is 7. The maximum atomic E-state index is 11.1. The number of likely N-dealkylation sites (tertiary alicyclic amines) is 1. The lowest BCUT2D eigenvalue weighted by atomic mass is 9.97. The molecule has 1 aliphatic rings. The third-order valence-electron chi connectivity index (χ3n) is 3.34. The lowest BCUT2D eigenvalue weighted by Gasteiger charge is -2.32. The second kappa shape index (κ2) is 7.63. The zero-order valence-electron chi connectivity index (χ0n) is 10.7. The molecule has 1 aliphatic heterocycles. The van der Waals surface area contributed by atoms with Gasteiger partial charge in [-0.15, -0.1) is 0 Å². The van der Waals surface area contributed by atoms with Crippen LogP contribution in [0.2, 0.25) is 0 Å². The molecule has 2 atom stereocenters. The summed E-state index contributed by atoms with van der Waals surface area (Å²) >= 11 is 0. The second-order valence-corrected chi connectivity index (χ2v) is 4.64. The number of piperidine rings is 1. The molecule has 1 amide bonds. The van der Waals surface area contributed by atoms with Crippen LogP contribution < -0.4 is 11.5 Å². The van der Waals surface area contributed by atoms with Crippen molar-refractivity contribution in [3.8, 4) is 0 Å². The molecular formula is C12H25N3O2. The molecule has 5 nitrogen and oxygen atoms in total. The van der Waals surface area contributed by atoms with Crippen molar-refractivity contribution in [1.29, 1.82) is 0 Å². The molecular weight excluding hydrogens is 218 g/mol. The lowest BCUT2D eigenvalue weighted by molar-refractivity contribution is -0.123. The zero-order valence-corrected chi connectivity index (χ0v) is 10.7. The maximum absolute atomic E-state index is 11.1. The van der Waals surface area contributed by atoms with Gasteiger partial charge in [0.15, 0.2) is 0 Å². The molecule has 17 heavy (non-hydrogen) atoms. The van der Waals surface area contributed by atoms with Gasteiger partial charge in [0, 0.05) is 26.2 Å². The Bertz CT molecular complexity index is 236. The number of carbonyl (C=O) groups is 1. The summed E-state index contributed by atoms with van der Waals surface area (Å²) in [4.78, 5) is 13.4. The normalized spacial score (nSPS) is 23.5. The molecule has 0 aromatic heterocycles. The van der Waals surface area contributed by atoms with E-state index in [0.717, 1.165) is 38.9 Å². The van der Waals surface area contributed by atoms with Gasteiger partial charge in [0.1, 0.15) is 0 Å². The summed E-state index contributed by atoms with van der Waals surface area (Å²) in [6.07, 6.45) is 3.04. The fraction of sp³-hybridized carbons (Fsp3) is 0.917. The first-order valence-electron chi connectivity index (χ1n) is 6.50. The van der Waals surface area contributed by atoms with E-state index in [1.807, 2.05) is 6.92 Å². The van der Waals surface area contributed by atoms with E-state index in [4.69, 9.17) is 16.2 Å². The molecule has 0 bridgehead atoms. The number of hydrogen-bond donors (Lipinski definition) is 2. The molecule has 0 aliphatic carbocycles. The van der Waals surface area contributed by atoms with Crippen LogP contribution in [0.3, 0.4) is 0 Å². The summed E-state index contributed by atoms with van der Waals surface area (Å²) in [5.74, 6) is -0.151. The van der Waals surface area contributed by atoms with Crippen molar-refractivity contribution in [2.24, 2.45) is 17.4 Å². The highest BCUT2D eigenvalue weighted by molar-refractivity contribution is 5.76. The summed E-state index contributed by atoms with van der Waals surface area (Å²) in [6, 6.07) is 0. The van der Waals surface area contributed by atoms with Gasteiger partial charge in [-0.3, -0.25) is 4.79 Å². The van der Waals surface area contributed by atoms with Gasteiger partial charge in [-0.05, 0) is 32.7 Å². The molecule has 0 aromatic carbocycles. The van der Waals surface area contributed by atoms with E-state index in [-0.39, 0.29) is 17.9 Å². The molecule has 5 heteroatoms. The van der Waals surface area contributed by atoms with Crippen LogP contribution in [0, 0.1) is 5.92 Å². The third kappa shape index (κ3) is 5.02. The van der Waals surface area contributed by atoms with E-state index >= 15 is 0 Å². The number of carbonyl (C=O) groups excluding carboxylic acids is 1. The van der Waals surface area contributed by atoms with Crippen molar-refractivity contribution in [1.82, 2.24) is 4.90 Å². The predicted molar refractivity (Wildman–Crippen MR) is 67.4 cm³/mol. The molecule has 0 saturated carbocycles. The van der Waals surface area contributed by atoms with E-state index in [0.29, 0.717) is 13.2 Å². The second-order valence-electron chi connectivity index (χ2n) is 4.64. The Morgan fingerprint density at radius 1 is 1.59 bits per heavy atom. The van der Waals surface area contributed by atoms with E-state index in [1.165, 1.54) is 0 Å². The zero-order chi connectivity index (χ0) is 12.7. The first-order valence-corrected chi connectivity index (χ1v) is 6.50. The van der Waals surface area contributed by atoms with Crippen LogP contribution in [0.25, 0.3) is 0 Å². The van der Waals surface area contributed by atoms with Gasteiger partial charge in [-0.1, -0.05) is 0 Å². The Hall–Kier alpha value is -0.650. The van der Waals surface area contributed by atoms with Crippen LogP contribution in [0.4, 0.5) is 0 Å². The van der Waals surface area contributed by atoms with Crippen molar-refractivity contribution < 1.29 is 9.53 Å². The highest BCUT2D eigenvalue weighted by Gasteiger charge is 2.24. The van der Waals surface area contributed by atoms with E-state index in [9.17, 15) is 4.79 Å². The van der Waals surface area contributed by atoms with E-state index < -0.39 is 0 Å². The Kier molecular flexibility index (Phi) is 6.47. The Labute approximate surface area is 103 Å². The molecule has 0 radical (unpaired) electrons. The Balaban J connectivity index is 2.28. The average molecular weight is 243 g/mol. The van der Waals surface area contributed by atoms with Gasteiger partial charge in [0.2, 0.25) is 5.91 Å². The van der Waals surface area contributed by atoms with E-state index in [1.54, 1.807) is 0 Å². The van der Waals surface area contributed by atoms with Gasteiger partial charge in [0.25, 0.3) is 0 Å². The monoisotopic (exact) mass is 243 g/mol. The highest BCUT2D eigenvalue weighted by atomic mass is 16.5. The highest BCUT2D eigenvalue weighted by Crippen LogP contribution is 2.16. The smallest absolute Gasteiger partial charge is 0.221 e. The fourth-order valence-corrected chi connectivity index (χ4v) is 2.32. The van der Waals surface area contributed by atoms with Gasteiger partial charge in [0.05, 0.1) is 12.0 Å². The number of nitrogens with zero attached hydrogens (tertiary/aromatic N) is 1. The Morgan fingerprint density at radius 3 is 2.94 bits per heavy atom. The number of amides is 1. The van der Waals surface area contributed by atoms with Crippen LogP contribution in [-0.2, 0) is 9.53 Å². The van der Waals surface area contributed by atoms with Crippen LogP contribution in [-0.4, -0.2) is 49.7 Å². The summed E-state index contributed by atoms with van der Waals surface area (Å²) in [5, 5.41) is 0. The average Bonchev–Trinajstić information content (AvgIpc) is 2.34. The van der Waals surface area contributed by atoms with Gasteiger partial charge < -0.3 is 21.1 Å². The SMILES string of the molecule is CCOC(CN)CCN1CCCC(C(N)=O)C1. The molecule has 1 heterocycles. The molecule has 2 unspecified atom stereocenters. The first-order chi connectivity index (χ1) is 8.17. The molecule has 1 fully saturated rings. The minimum absolute atomic E-state index is 0.0205. The van der Waals surface area contributed by atoms with Gasteiger partial charge >= 0.3 is 0 Å². The predicted octanol–water partition coefficient (Wildman–Crippen LogP) is -0.0624. The molecule has 4 N–H and O–H groups in total. The lowest BCUT2D eigenvalue weighted by Crippen LogP contribution is -2.42. The molecule has 1 rings (SSSR count). The summed E-state index contributed by atoms with van der Waals surface area (Å²) < 4.78 is 5.51. The Morgan fingerprint density at radius 2 is 2.35 bits per heavy atom. The maximum Gasteiger partial charge on any atom is 0.221 e. The molecule has 0 aromatic rings. The summed E-state index contributed by atoms with van der Waals surface area (Å²) in [7, 11) is 0. The topological polar surface area (TPSA) is 81.6 Å². The number of nitrogens with two attached hydrogens (primary N) is 2. The third-order valence-corrected chi connectivity index (χ3v) is 3.34. The van der Waals surface area contributed by atoms with Crippen LogP contribution in [0.1, 0.15) is 26.2 Å². The van der Waals surface area contributed by atoms with Crippen molar-refractivity contribution >= 4 is 5.91 Å². The van der Waals surface area contributed by atoms with Crippen molar-refractivity contribution in [2.45, 2.75) is 32.3 Å². The fourth-order valence-electron chi connectivity index (χ4n) is 2.32. The number of hydrogen-bond acceptors (Lipinski definition) is 4. The van der Waals surface area contributed by atoms with Crippen molar-refractivity contribution in [3.63, 3.8) is 0 Å². The van der Waals surface area contributed by atoms with Crippen molar-refractivity contribution in [2.75, 3.05) is 32.8 Å². The standard InChI is InChI=1S/C12H25N3O2/c1-2-17-11(8-13)5-7-15-6-3-4-10(9-15)12(14)16/h10-11H,2-9,13H2,1H3,(H2,14,16). The number of ether oxygens (including phenoxy) is 1. The van der Waals surface area contributed by atoms with Gasteiger partial charge in [-0.25, -0.2) is 0 Å². The molecule has 100 valence electrons. The first kappa shape index (κ1) is 14.4. The molecule has 1 saturated heterocycles. The van der Waals surface area contributed by atoms with Crippen LogP contribution >= 0.6 is 0 Å². The van der Waals surface area contributed by atoms with Gasteiger partial charge in [-0.2, -0.15) is 0 Å². The minimum Gasteiger partial charge on any atom is -0.377 e. The van der Waals surface area contributed by atoms with Crippen LogP contribution in [0.15, 0.2) is 0 Å². The largest absolute Gasteiger partial charge is 0.377 e. The van der Waals surface area contributed by atoms with Crippen molar-refractivity contribution in [3.05, 3.63) is 0 Å². The summed E-state index contributed by atoms with van der Waals surface area (Å²) in [6.45, 7) is 6.01. The quantitative estimate of drug-likeness (QED) is 0.656. The molecule has 0 spiro atoms.